The lowest BCUT2D eigenvalue weighted by Crippen LogP contribution is -2.50. The average molecular weight is 238 g/mol. The lowest BCUT2D eigenvalue weighted by molar-refractivity contribution is 0.152. The summed E-state index contributed by atoms with van der Waals surface area (Å²) in [7, 11) is 2.14. The molecule has 1 saturated carbocycles. The van der Waals surface area contributed by atoms with Gasteiger partial charge in [0.1, 0.15) is 0 Å². The van der Waals surface area contributed by atoms with Crippen LogP contribution in [0.2, 0.25) is 0 Å². The van der Waals surface area contributed by atoms with Crippen LogP contribution in [-0.4, -0.2) is 37.1 Å². The zero-order valence-electron chi connectivity index (χ0n) is 12.1. The summed E-state index contributed by atoms with van der Waals surface area (Å²) in [5.74, 6) is 0.933. The van der Waals surface area contributed by atoms with Crippen molar-refractivity contribution in [3.63, 3.8) is 0 Å². The highest BCUT2D eigenvalue weighted by molar-refractivity contribution is 5.00. The molecular weight excluding hydrogens is 208 g/mol. The molecule has 3 atom stereocenters. The molecule has 0 radical (unpaired) electrons. The zero-order valence-corrected chi connectivity index (χ0v) is 12.1. The number of nitrogens with one attached hydrogen (secondary N) is 1. The van der Waals surface area contributed by atoms with Gasteiger partial charge in [0.05, 0.1) is 0 Å². The van der Waals surface area contributed by atoms with E-state index in [-0.39, 0.29) is 0 Å². The summed E-state index contributed by atoms with van der Waals surface area (Å²) < 4.78 is 0. The Hall–Kier alpha value is -0.0800. The van der Waals surface area contributed by atoms with Crippen molar-refractivity contribution >= 4 is 0 Å². The molecule has 0 aromatic heterocycles. The third-order valence-electron chi connectivity index (χ3n) is 5.14. The number of likely N-dealkylation sites (N-methyl/N-ethyl adjacent to an activating group) is 1. The van der Waals surface area contributed by atoms with Gasteiger partial charge in [-0.2, -0.15) is 0 Å². The van der Waals surface area contributed by atoms with Gasteiger partial charge in [0.2, 0.25) is 0 Å². The first-order chi connectivity index (χ1) is 8.04. The SMILES string of the molecule is CNC1C(N2CCCC(C)CC2)CCC1(C)C. The predicted molar refractivity (Wildman–Crippen MR) is 74.2 cm³/mol. The van der Waals surface area contributed by atoms with E-state index >= 15 is 0 Å². The second kappa shape index (κ2) is 5.27. The Bertz CT molecular complexity index is 249. The van der Waals surface area contributed by atoms with E-state index in [2.05, 4.69) is 38.0 Å². The molecule has 0 aromatic rings. The first-order valence-electron chi connectivity index (χ1n) is 7.46. The van der Waals surface area contributed by atoms with Crippen LogP contribution in [0, 0.1) is 11.3 Å². The Morgan fingerprint density at radius 1 is 1.12 bits per heavy atom. The summed E-state index contributed by atoms with van der Waals surface area (Å²) in [5.41, 5.74) is 0.470. The van der Waals surface area contributed by atoms with Crippen LogP contribution in [0.1, 0.15) is 52.9 Å². The van der Waals surface area contributed by atoms with Gasteiger partial charge in [-0.25, -0.2) is 0 Å². The summed E-state index contributed by atoms with van der Waals surface area (Å²) >= 11 is 0. The fraction of sp³-hybridized carbons (Fsp3) is 1.00. The van der Waals surface area contributed by atoms with Crippen molar-refractivity contribution < 1.29 is 0 Å². The minimum absolute atomic E-state index is 0.470. The van der Waals surface area contributed by atoms with Gasteiger partial charge in [-0.1, -0.05) is 20.8 Å². The van der Waals surface area contributed by atoms with Crippen LogP contribution in [0.3, 0.4) is 0 Å². The predicted octanol–water partition coefficient (Wildman–Crippen LogP) is 2.89. The highest BCUT2D eigenvalue weighted by Crippen LogP contribution is 2.40. The van der Waals surface area contributed by atoms with Gasteiger partial charge in [-0.3, -0.25) is 4.90 Å². The number of hydrogen-bond donors (Lipinski definition) is 1. The molecule has 1 N–H and O–H groups in total. The van der Waals surface area contributed by atoms with Crippen molar-refractivity contribution in [3.05, 3.63) is 0 Å². The van der Waals surface area contributed by atoms with Crippen LogP contribution in [0.15, 0.2) is 0 Å². The summed E-state index contributed by atoms with van der Waals surface area (Å²) in [4.78, 5) is 2.78. The molecule has 1 aliphatic carbocycles. The number of rotatable bonds is 2. The molecule has 0 amide bonds. The summed E-state index contributed by atoms with van der Waals surface area (Å²) in [6.07, 6.45) is 6.97. The maximum atomic E-state index is 3.59. The lowest BCUT2D eigenvalue weighted by atomic mass is 9.86. The molecule has 0 spiro atoms. The third-order valence-corrected chi connectivity index (χ3v) is 5.14. The van der Waals surface area contributed by atoms with Crippen LogP contribution in [-0.2, 0) is 0 Å². The van der Waals surface area contributed by atoms with Gasteiger partial charge in [0.15, 0.2) is 0 Å². The molecule has 1 heterocycles. The largest absolute Gasteiger partial charge is 0.315 e. The Morgan fingerprint density at radius 3 is 2.59 bits per heavy atom. The number of nitrogens with zero attached hydrogens (tertiary/aromatic N) is 1. The first-order valence-corrected chi connectivity index (χ1v) is 7.46. The molecule has 2 aliphatic rings. The number of hydrogen-bond acceptors (Lipinski definition) is 2. The van der Waals surface area contributed by atoms with E-state index in [1.54, 1.807) is 0 Å². The molecule has 3 unspecified atom stereocenters. The van der Waals surface area contributed by atoms with E-state index in [0.29, 0.717) is 11.5 Å². The van der Waals surface area contributed by atoms with Crippen LogP contribution in [0.25, 0.3) is 0 Å². The maximum Gasteiger partial charge on any atom is 0.0271 e. The third kappa shape index (κ3) is 2.85. The zero-order chi connectivity index (χ0) is 12.5. The average Bonchev–Trinajstić information content (AvgIpc) is 2.45. The van der Waals surface area contributed by atoms with Crippen molar-refractivity contribution in [1.29, 1.82) is 0 Å². The van der Waals surface area contributed by atoms with E-state index in [1.807, 2.05) is 0 Å². The smallest absolute Gasteiger partial charge is 0.0271 e. The highest BCUT2D eigenvalue weighted by Gasteiger charge is 2.43. The molecule has 2 nitrogen and oxygen atoms in total. The van der Waals surface area contributed by atoms with Crippen molar-refractivity contribution in [2.75, 3.05) is 20.1 Å². The van der Waals surface area contributed by atoms with Gasteiger partial charge in [0, 0.05) is 12.1 Å². The van der Waals surface area contributed by atoms with Crippen LogP contribution >= 0.6 is 0 Å². The normalized spacial score (nSPS) is 39.2. The Kier molecular flexibility index (Phi) is 4.14. The summed E-state index contributed by atoms with van der Waals surface area (Å²) in [6, 6.07) is 1.45. The molecule has 0 bridgehead atoms. The molecule has 100 valence electrons. The Morgan fingerprint density at radius 2 is 1.88 bits per heavy atom. The van der Waals surface area contributed by atoms with Crippen molar-refractivity contribution in [1.82, 2.24) is 10.2 Å². The molecule has 1 aliphatic heterocycles. The molecule has 0 aromatic carbocycles. The van der Waals surface area contributed by atoms with Crippen LogP contribution in [0.4, 0.5) is 0 Å². The van der Waals surface area contributed by atoms with E-state index in [1.165, 1.54) is 45.2 Å². The monoisotopic (exact) mass is 238 g/mol. The van der Waals surface area contributed by atoms with Crippen molar-refractivity contribution in [2.24, 2.45) is 11.3 Å². The second-order valence-corrected chi connectivity index (χ2v) is 6.93. The quantitative estimate of drug-likeness (QED) is 0.796. The summed E-state index contributed by atoms with van der Waals surface area (Å²) in [5, 5.41) is 3.59. The van der Waals surface area contributed by atoms with Crippen LogP contribution < -0.4 is 5.32 Å². The van der Waals surface area contributed by atoms with Gasteiger partial charge in [0.25, 0.3) is 0 Å². The van der Waals surface area contributed by atoms with Crippen LogP contribution in [0.5, 0.6) is 0 Å². The summed E-state index contributed by atoms with van der Waals surface area (Å²) in [6.45, 7) is 9.91. The molecule has 2 rings (SSSR count). The lowest BCUT2D eigenvalue weighted by Gasteiger charge is -2.36. The second-order valence-electron chi connectivity index (χ2n) is 6.93. The standard InChI is InChI=1S/C15H30N2/c1-12-6-5-10-17(11-8-12)13-7-9-15(2,3)14(13)16-4/h12-14,16H,5-11H2,1-4H3. The van der Waals surface area contributed by atoms with Gasteiger partial charge in [-0.15, -0.1) is 0 Å². The fourth-order valence-electron chi connectivity index (χ4n) is 3.96. The van der Waals surface area contributed by atoms with Gasteiger partial charge < -0.3 is 5.32 Å². The highest BCUT2D eigenvalue weighted by atomic mass is 15.2. The van der Waals surface area contributed by atoms with E-state index in [4.69, 9.17) is 0 Å². The molecule has 1 saturated heterocycles. The van der Waals surface area contributed by atoms with E-state index in [0.717, 1.165) is 12.0 Å². The van der Waals surface area contributed by atoms with Gasteiger partial charge >= 0.3 is 0 Å². The minimum Gasteiger partial charge on any atom is -0.315 e. The Balaban J connectivity index is 2.01. The number of likely N-dealkylation sites (tertiary alicyclic amines) is 1. The minimum atomic E-state index is 0.470. The topological polar surface area (TPSA) is 15.3 Å². The molecule has 2 heteroatoms. The van der Waals surface area contributed by atoms with Crippen molar-refractivity contribution in [2.45, 2.75) is 65.0 Å². The van der Waals surface area contributed by atoms with E-state index < -0.39 is 0 Å². The van der Waals surface area contributed by atoms with Crippen molar-refractivity contribution in [3.8, 4) is 0 Å². The van der Waals surface area contributed by atoms with Gasteiger partial charge in [-0.05, 0) is 63.6 Å². The molecule has 2 fully saturated rings. The fourth-order valence-corrected chi connectivity index (χ4v) is 3.96. The Labute approximate surface area is 107 Å². The molecular formula is C15H30N2. The van der Waals surface area contributed by atoms with E-state index in [9.17, 15) is 0 Å². The first kappa shape index (κ1) is 13.4. The maximum absolute atomic E-state index is 3.59. The molecule has 17 heavy (non-hydrogen) atoms.